The fourth-order valence-electron chi connectivity index (χ4n) is 2.09. The Morgan fingerprint density at radius 1 is 1.05 bits per heavy atom. The Hall–Kier alpha value is -1.85. The second kappa shape index (κ2) is 6.74. The standard InChI is InChI=1S/C16H19NO3S/c1-2-5-13-8-10-15(11-9-13)21(19,20)17-16-7-4-3-6-14(16)12-18/h3-4,6-11,17-18H,2,5,12H2,1H3. The van der Waals surface area contributed by atoms with Gasteiger partial charge in [0.15, 0.2) is 0 Å². The van der Waals surface area contributed by atoms with Crippen LogP contribution in [0.25, 0.3) is 0 Å². The number of rotatable bonds is 6. The van der Waals surface area contributed by atoms with Gasteiger partial charge in [-0.2, -0.15) is 0 Å². The van der Waals surface area contributed by atoms with E-state index in [-0.39, 0.29) is 11.5 Å². The van der Waals surface area contributed by atoms with Crippen molar-refractivity contribution in [2.45, 2.75) is 31.3 Å². The van der Waals surface area contributed by atoms with Crippen molar-refractivity contribution in [2.75, 3.05) is 4.72 Å². The zero-order valence-electron chi connectivity index (χ0n) is 11.9. The third-order valence-corrected chi connectivity index (χ3v) is 4.59. The Labute approximate surface area is 125 Å². The molecule has 0 bridgehead atoms. The number of benzene rings is 2. The third-order valence-electron chi connectivity index (χ3n) is 3.20. The normalized spacial score (nSPS) is 11.3. The molecule has 0 aromatic heterocycles. The Morgan fingerprint density at radius 3 is 2.33 bits per heavy atom. The van der Waals surface area contributed by atoms with Gasteiger partial charge in [-0.15, -0.1) is 0 Å². The molecular formula is C16H19NO3S. The molecule has 0 saturated heterocycles. The van der Waals surface area contributed by atoms with E-state index in [2.05, 4.69) is 11.6 Å². The van der Waals surface area contributed by atoms with Crippen molar-refractivity contribution < 1.29 is 13.5 Å². The molecule has 0 unspecified atom stereocenters. The van der Waals surface area contributed by atoms with Crippen LogP contribution in [0.1, 0.15) is 24.5 Å². The highest BCUT2D eigenvalue weighted by atomic mass is 32.2. The summed E-state index contributed by atoms with van der Waals surface area (Å²) in [5, 5.41) is 9.25. The largest absolute Gasteiger partial charge is 0.392 e. The van der Waals surface area contributed by atoms with E-state index >= 15 is 0 Å². The molecule has 0 aliphatic rings. The molecule has 0 atom stereocenters. The summed E-state index contributed by atoms with van der Waals surface area (Å²) in [4.78, 5) is 0.218. The van der Waals surface area contributed by atoms with Crippen molar-refractivity contribution in [3.8, 4) is 0 Å². The van der Waals surface area contributed by atoms with E-state index in [4.69, 9.17) is 0 Å². The number of aryl methyl sites for hydroxylation is 1. The summed E-state index contributed by atoms with van der Waals surface area (Å²) in [5.41, 5.74) is 2.06. The minimum Gasteiger partial charge on any atom is -0.392 e. The first kappa shape index (κ1) is 15.5. The molecular weight excluding hydrogens is 286 g/mol. The van der Waals surface area contributed by atoms with E-state index in [0.29, 0.717) is 11.3 Å². The maximum absolute atomic E-state index is 12.3. The quantitative estimate of drug-likeness (QED) is 0.862. The van der Waals surface area contributed by atoms with Gasteiger partial charge in [-0.3, -0.25) is 4.72 Å². The van der Waals surface area contributed by atoms with Gasteiger partial charge in [-0.05, 0) is 30.2 Å². The van der Waals surface area contributed by atoms with Crippen LogP contribution in [-0.4, -0.2) is 13.5 Å². The van der Waals surface area contributed by atoms with Gasteiger partial charge in [0.25, 0.3) is 10.0 Å². The summed E-state index contributed by atoms with van der Waals surface area (Å²) < 4.78 is 27.2. The summed E-state index contributed by atoms with van der Waals surface area (Å²) in [5.74, 6) is 0. The fourth-order valence-corrected chi connectivity index (χ4v) is 3.19. The van der Waals surface area contributed by atoms with Crippen LogP contribution in [0.5, 0.6) is 0 Å². The molecule has 2 rings (SSSR count). The molecule has 2 N–H and O–H groups in total. The minimum atomic E-state index is -3.64. The second-order valence-corrected chi connectivity index (χ2v) is 6.50. The Morgan fingerprint density at radius 2 is 1.71 bits per heavy atom. The number of sulfonamides is 1. The predicted octanol–water partition coefficient (Wildman–Crippen LogP) is 2.93. The number of aliphatic hydroxyl groups excluding tert-OH is 1. The zero-order valence-corrected chi connectivity index (χ0v) is 12.7. The maximum atomic E-state index is 12.3. The first-order chi connectivity index (χ1) is 10.1. The van der Waals surface area contributed by atoms with Crippen LogP contribution in [0.15, 0.2) is 53.4 Å². The lowest BCUT2D eigenvalue weighted by atomic mass is 10.1. The van der Waals surface area contributed by atoms with E-state index < -0.39 is 10.0 Å². The Kier molecular flexibility index (Phi) is 4.98. The third kappa shape index (κ3) is 3.83. The van der Waals surface area contributed by atoms with E-state index in [9.17, 15) is 13.5 Å². The molecule has 0 heterocycles. The highest BCUT2D eigenvalue weighted by molar-refractivity contribution is 7.92. The van der Waals surface area contributed by atoms with E-state index in [1.165, 1.54) is 0 Å². The topological polar surface area (TPSA) is 66.4 Å². The molecule has 0 saturated carbocycles. The van der Waals surface area contributed by atoms with Crippen LogP contribution < -0.4 is 4.72 Å². The molecule has 0 fully saturated rings. The van der Waals surface area contributed by atoms with Gasteiger partial charge in [0.1, 0.15) is 0 Å². The van der Waals surface area contributed by atoms with Crippen LogP contribution in [0.2, 0.25) is 0 Å². The van der Waals surface area contributed by atoms with E-state index in [1.54, 1.807) is 36.4 Å². The van der Waals surface area contributed by atoms with Crippen molar-refractivity contribution >= 4 is 15.7 Å². The number of hydrogen-bond acceptors (Lipinski definition) is 3. The SMILES string of the molecule is CCCc1ccc(S(=O)(=O)Nc2ccccc2CO)cc1. The molecule has 21 heavy (non-hydrogen) atoms. The van der Waals surface area contributed by atoms with E-state index in [1.807, 2.05) is 12.1 Å². The van der Waals surface area contributed by atoms with Gasteiger partial charge in [-0.25, -0.2) is 8.42 Å². The van der Waals surface area contributed by atoms with Crippen LogP contribution >= 0.6 is 0 Å². The number of aliphatic hydroxyl groups is 1. The predicted molar refractivity (Wildman–Crippen MR) is 83.6 cm³/mol. The molecule has 0 aliphatic carbocycles. The van der Waals surface area contributed by atoms with Crippen LogP contribution in [0.3, 0.4) is 0 Å². The lowest BCUT2D eigenvalue weighted by molar-refractivity contribution is 0.282. The molecule has 0 spiro atoms. The van der Waals surface area contributed by atoms with Crippen molar-refractivity contribution in [3.63, 3.8) is 0 Å². The Bertz CT molecular complexity index is 694. The Balaban J connectivity index is 2.25. The van der Waals surface area contributed by atoms with Gasteiger partial charge in [0, 0.05) is 5.56 Å². The zero-order chi connectivity index (χ0) is 15.3. The summed E-state index contributed by atoms with van der Waals surface area (Å²) in [6, 6.07) is 13.7. The fraction of sp³-hybridized carbons (Fsp3) is 0.250. The molecule has 2 aromatic carbocycles. The lowest BCUT2D eigenvalue weighted by Gasteiger charge is -2.11. The average molecular weight is 305 g/mol. The lowest BCUT2D eigenvalue weighted by Crippen LogP contribution is -2.14. The van der Waals surface area contributed by atoms with Crippen molar-refractivity contribution in [3.05, 3.63) is 59.7 Å². The van der Waals surface area contributed by atoms with Gasteiger partial charge in [-0.1, -0.05) is 43.7 Å². The van der Waals surface area contributed by atoms with Crippen LogP contribution in [-0.2, 0) is 23.1 Å². The number of anilines is 1. The van der Waals surface area contributed by atoms with Gasteiger partial charge < -0.3 is 5.11 Å². The smallest absolute Gasteiger partial charge is 0.261 e. The molecule has 112 valence electrons. The van der Waals surface area contributed by atoms with Crippen LogP contribution in [0, 0.1) is 0 Å². The summed E-state index contributed by atoms with van der Waals surface area (Å²) in [6.07, 6.45) is 1.95. The van der Waals surface area contributed by atoms with E-state index in [0.717, 1.165) is 18.4 Å². The van der Waals surface area contributed by atoms with Gasteiger partial charge >= 0.3 is 0 Å². The number of nitrogens with one attached hydrogen (secondary N) is 1. The average Bonchev–Trinajstić information content (AvgIpc) is 2.48. The van der Waals surface area contributed by atoms with Crippen LogP contribution in [0.4, 0.5) is 5.69 Å². The summed E-state index contributed by atoms with van der Waals surface area (Å²) in [7, 11) is -3.64. The first-order valence-corrected chi connectivity index (χ1v) is 8.35. The van der Waals surface area contributed by atoms with Crippen molar-refractivity contribution in [1.82, 2.24) is 0 Å². The molecule has 0 radical (unpaired) electrons. The maximum Gasteiger partial charge on any atom is 0.261 e. The minimum absolute atomic E-state index is 0.214. The van der Waals surface area contributed by atoms with Gasteiger partial charge in [0.2, 0.25) is 0 Å². The molecule has 0 aliphatic heterocycles. The summed E-state index contributed by atoms with van der Waals surface area (Å²) >= 11 is 0. The molecule has 4 nitrogen and oxygen atoms in total. The first-order valence-electron chi connectivity index (χ1n) is 6.87. The van der Waals surface area contributed by atoms with Crippen molar-refractivity contribution in [1.29, 1.82) is 0 Å². The monoisotopic (exact) mass is 305 g/mol. The highest BCUT2D eigenvalue weighted by Crippen LogP contribution is 2.20. The molecule has 0 amide bonds. The number of hydrogen-bond donors (Lipinski definition) is 2. The second-order valence-electron chi connectivity index (χ2n) is 4.81. The van der Waals surface area contributed by atoms with Crippen molar-refractivity contribution in [2.24, 2.45) is 0 Å². The number of para-hydroxylation sites is 1. The summed E-state index contributed by atoms with van der Waals surface area (Å²) in [6.45, 7) is 1.87. The molecule has 2 aromatic rings. The van der Waals surface area contributed by atoms with Gasteiger partial charge in [0.05, 0.1) is 17.2 Å². The molecule has 5 heteroatoms. The highest BCUT2D eigenvalue weighted by Gasteiger charge is 2.15.